The second-order valence-corrected chi connectivity index (χ2v) is 21.0. The molecule has 0 unspecified atom stereocenters. The summed E-state index contributed by atoms with van der Waals surface area (Å²) in [6.45, 7) is 7.13. The van der Waals surface area contributed by atoms with E-state index in [1.807, 2.05) is 12.1 Å². The van der Waals surface area contributed by atoms with Gasteiger partial charge >= 0.3 is 0 Å². The lowest BCUT2D eigenvalue weighted by atomic mass is 9.92. The van der Waals surface area contributed by atoms with E-state index in [1.165, 1.54) is 37.5 Å². The Kier molecular flexibility index (Phi) is 9.96. The molecule has 0 heterocycles. The number of nitrogens with zero attached hydrogens (tertiary/aromatic N) is 2. The Hall–Kier alpha value is -6.72. The Morgan fingerprint density at radius 3 is 1.36 bits per heavy atom. The first-order chi connectivity index (χ1) is 28.4. The van der Waals surface area contributed by atoms with Crippen LogP contribution in [0.5, 0.6) is 0 Å². The molecular weight excluding hydrogens is 721 g/mol. The van der Waals surface area contributed by atoms with Gasteiger partial charge in [-0.2, -0.15) is 0 Å². The quantitative estimate of drug-likeness (QED) is 0.0853. The molecule has 0 atom stereocenters. The average molecular weight is 767 g/mol. The zero-order valence-electron chi connectivity index (χ0n) is 33.2. The van der Waals surface area contributed by atoms with Gasteiger partial charge in [-0.05, 0) is 128 Å². The van der Waals surface area contributed by atoms with E-state index in [4.69, 9.17) is 0 Å². The molecule has 0 fully saturated rings. The molecule has 9 rings (SSSR count). The Balaban J connectivity index is 1.10. The molecule has 282 valence electrons. The number of aliphatic hydroxyl groups is 1. The first-order valence-electron chi connectivity index (χ1n) is 20.0. The van der Waals surface area contributed by atoms with Crippen molar-refractivity contribution in [3.8, 4) is 0 Å². The van der Waals surface area contributed by atoms with Crippen molar-refractivity contribution in [1.29, 1.82) is 0 Å². The summed E-state index contributed by atoms with van der Waals surface area (Å²) in [4.78, 5) is 4.59. The van der Waals surface area contributed by atoms with Crippen molar-refractivity contribution in [2.45, 2.75) is 26.2 Å². The topological polar surface area (TPSA) is 26.7 Å². The molecule has 0 aliphatic rings. The van der Waals surface area contributed by atoms with Crippen LogP contribution in [0.2, 0.25) is 19.6 Å². The monoisotopic (exact) mass is 766 g/mol. The third-order valence-electron chi connectivity index (χ3n) is 11.1. The van der Waals surface area contributed by atoms with E-state index in [0.29, 0.717) is 0 Å². The van der Waals surface area contributed by atoms with Crippen molar-refractivity contribution in [3.05, 3.63) is 211 Å². The predicted octanol–water partition coefficient (Wildman–Crippen LogP) is 14.3. The summed E-state index contributed by atoms with van der Waals surface area (Å²) in [6.07, 6.45) is 4.28. The summed E-state index contributed by atoms with van der Waals surface area (Å²) >= 11 is 0. The molecule has 4 heteroatoms. The highest BCUT2D eigenvalue weighted by Crippen LogP contribution is 2.41. The third-order valence-corrected chi connectivity index (χ3v) is 13.2. The number of hydrogen-bond acceptors (Lipinski definition) is 3. The number of hydrogen-bond donors (Lipinski definition) is 1. The van der Waals surface area contributed by atoms with Crippen LogP contribution in [0.1, 0.15) is 16.7 Å². The average Bonchev–Trinajstić information content (AvgIpc) is 3.27. The minimum atomic E-state index is -1.44. The van der Waals surface area contributed by atoms with Crippen molar-refractivity contribution in [2.75, 3.05) is 9.80 Å². The van der Waals surface area contributed by atoms with Gasteiger partial charge in [0.2, 0.25) is 0 Å². The second-order valence-electron chi connectivity index (χ2n) is 15.9. The normalized spacial score (nSPS) is 11.8. The maximum atomic E-state index is 10.6. The Morgan fingerprint density at radius 2 is 0.828 bits per heavy atom. The Labute approximate surface area is 342 Å². The van der Waals surface area contributed by atoms with E-state index >= 15 is 0 Å². The van der Waals surface area contributed by atoms with Crippen LogP contribution in [-0.2, 0) is 6.61 Å². The van der Waals surface area contributed by atoms with Crippen molar-refractivity contribution in [2.24, 2.45) is 0 Å². The van der Waals surface area contributed by atoms with Crippen LogP contribution in [0, 0.1) is 0 Å². The van der Waals surface area contributed by atoms with Crippen LogP contribution in [-0.4, -0.2) is 13.2 Å². The summed E-state index contributed by atoms with van der Waals surface area (Å²) in [7, 11) is -1.44. The van der Waals surface area contributed by atoms with Crippen LogP contribution >= 0.6 is 0 Å². The molecule has 0 spiro atoms. The lowest BCUT2D eigenvalue weighted by molar-refractivity contribution is 0.281. The van der Waals surface area contributed by atoms with E-state index in [9.17, 15) is 5.11 Å². The fourth-order valence-corrected chi connectivity index (χ4v) is 9.32. The van der Waals surface area contributed by atoms with E-state index < -0.39 is 8.07 Å². The van der Waals surface area contributed by atoms with Gasteiger partial charge in [-0.3, -0.25) is 0 Å². The van der Waals surface area contributed by atoms with Crippen molar-refractivity contribution in [1.82, 2.24) is 0 Å². The lowest BCUT2D eigenvalue weighted by Crippen LogP contribution is -2.37. The zero-order chi connectivity index (χ0) is 39.6. The van der Waals surface area contributed by atoms with Crippen molar-refractivity contribution in [3.63, 3.8) is 0 Å². The summed E-state index contributed by atoms with van der Waals surface area (Å²) < 4.78 is 0. The van der Waals surface area contributed by atoms with Crippen LogP contribution in [0.15, 0.2) is 194 Å². The maximum Gasteiger partial charge on any atom is 0.0775 e. The summed E-state index contributed by atoms with van der Waals surface area (Å²) in [5.74, 6) is 0. The summed E-state index contributed by atoms with van der Waals surface area (Å²) in [5.41, 5.74) is 9.50. The third kappa shape index (κ3) is 7.20. The number of benzene rings is 9. The molecular formula is C54H46N2OSi. The molecule has 0 aromatic heterocycles. The molecule has 0 saturated carbocycles. The van der Waals surface area contributed by atoms with Gasteiger partial charge in [0.05, 0.1) is 14.7 Å². The summed E-state index contributed by atoms with van der Waals surface area (Å²) in [6, 6.07) is 69.4. The van der Waals surface area contributed by atoms with Crippen molar-refractivity contribution < 1.29 is 5.11 Å². The smallest absolute Gasteiger partial charge is 0.0775 e. The first-order valence-corrected chi connectivity index (χ1v) is 23.5. The van der Waals surface area contributed by atoms with Crippen molar-refractivity contribution >= 4 is 91.9 Å². The highest BCUT2D eigenvalue weighted by atomic mass is 28.3. The van der Waals surface area contributed by atoms with Crippen LogP contribution in [0.25, 0.3) is 44.5 Å². The van der Waals surface area contributed by atoms with Gasteiger partial charge in [0.15, 0.2) is 0 Å². The minimum absolute atomic E-state index is 0.0628. The largest absolute Gasteiger partial charge is 0.392 e. The van der Waals surface area contributed by atoms with Gasteiger partial charge in [-0.15, -0.1) is 0 Å². The SMILES string of the molecule is C[Si](C)(C)c1ccc(N(c2ccccc2)c2ccc3c4ccc(/C=C/c5ccc(N(c6ccccc6)c6ccccc6)cc5CO)cc4c4ccccc4c3c2)cc1. The predicted molar refractivity (Wildman–Crippen MR) is 253 cm³/mol. The standard InChI is InChI=1S/C54H46N2OSi/c1-58(2,3)48-31-28-45(29-32-48)56(44-19-11-6-12-20-44)47-30-34-52-51-33-24-39(35-53(51)49-21-13-14-22-50(49)54(52)37-47)23-25-40-26-27-46(36-41(40)38-57)55(42-15-7-4-8-16-42)43-17-9-5-10-18-43/h4-37,57H,38H2,1-3H3/b25-23+. The van der Waals surface area contributed by atoms with Gasteiger partial charge in [0, 0.05) is 34.1 Å². The van der Waals surface area contributed by atoms with E-state index in [1.54, 1.807) is 0 Å². The molecule has 0 saturated heterocycles. The number of anilines is 6. The second kappa shape index (κ2) is 15.7. The lowest BCUT2D eigenvalue weighted by Gasteiger charge is -2.27. The molecule has 9 aromatic rings. The molecule has 3 nitrogen and oxygen atoms in total. The molecule has 0 radical (unpaired) electrons. The van der Waals surface area contributed by atoms with Gasteiger partial charge in [0.25, 0.3) is 0 Å². The fourth-order valence-electron chi connectivity index (χ4n) is 8.16. The molecule has 0 aliphatic heterocycles. The molecule has 0 bridgehead atoms. The van der Waals surface area contributed by atoms with E-state index in [0.717, 1.165) is 50.8 Å². The minimum Gasteiger partial charge on any atom is -0.392 e. The van der Waals surface area contributed by atoms with Crippen LogP contribution < -0.4 is 15.0 Å². The van der Waals surface area contributed by atoms with Gasteiger partial charge < -0.3 is 14.9 Å². The number of fused-ring (bicyclic) bond motifs is 6. The molecule has 58 heavy (non-hydrogen) atoms. The van der Waals surface area contributed by atoms with Crippen LogP contribution in [0.3, 0.4) is 0 Å². The van der Waals surface area contributed by atoms with Gasteiger partial charge in [-0.1, -0.05) is 152 Å². The summed E-state index contributed by atoms with van der Waals surface area (Å²) in [5, 5.41) is 19.4. The number of para-hydroxylation sites is 3. The maximum absolute atomic E-state index is 10.6. The number of aliphatic hydroxyl groups excluding tert-OH is 1. The van der Waals surface area contributed by atoms with Gasteiger partial charge in [0.1, 0.15) is 0 Å². The van der Waals surface area contributed by atoms with E-state index in [-0.39, 0.29) is 6.61 Å². The highest BCUT2D eigenvalue weighted by molar-refractivity contribution is 6.88. The number of rotatable bonds is 10. The molecule has 9 aromatic carbocycles. The fraction of sp³-hybridized carbons (Fsp3) is 0.0741. The molecule has 0 aliphatic carbocycles. The highest BCUT2D eigenvalue weighted by Gasteiger charge is 2.19. The Morgan fingerprint density at radius 1 is 0.397 bits per heavy atom. The van der Waals surface area contributed by atoms with E-state index in [2.05, 4.69) is 224 Å². The van der Waals surface area contributed by atoms with Gasteiger partial charge in [-0.25, -0.2) is 0 Å². The zero-order valence-corrected chi connectivity index (χ0v) is 34.2. The van der Waals surface area contributed by atoms with Crippen LogP contribution in [0.4, 0.5) is 34.1 Å². The first kappa shape index (κ1) is 36.9. The molecule has 1 N–H and O–H groups in total. The Bertz CT molecular complexity index is 2840. The molecule has 0 amide bonds.